The van der Waals surface area contributed by atoms with Crippen molar-refractivity contribution in [1.82, 2.24) is 24.5 Å². The van der Waals surface area contributed by atoms with Gasteiger partial charge in [-0.05, 0) is 34.6 Å². The zero-order valence-corrected chi connectivity index (χ0v) is 24.2. The normalized spacial score (nSPS) is 17.6. The van der Waals surface area contributed by atoms with Crippen LogP contribution in [0.4, 0.5) is 42.9 Å². The Bertz CT molecular complexity index is 1620. The highest BCUT2D eigenvalue weighted by atomic mass is 35.5. The second-order valence-electron chi connectivity index (χ2n) is 11.0. The average molecular weight is 636 g/mol. The van der Waals surface area contributed by atoms with Crippen molar-refractivity contribution in [3.05, 3.63) is 45.7 Å². The zero-order valence-electron chi connectivity index (χ0n) is 23.4. The predicted octanol–water partition coefficient (Wildman–Crippen LogP) is 5.10. The standard InChI is InChI=1S/C25H27ClF5N7O5/c1-12(33-22(41)43-23(2,3)4)10-42-15-6-13(9-36(19(15)39)20(27)28)34-21(40)37-11-24(5,25(29,30)31)18-14(37)8-32-17-7-16(26)35-38(17)18/h6-9,12,20H,10-11H2,1-5H3,(H,33,41)(H,34,40)/t12-,24-/m1/s1. The summed E-state index contributed by atoms with van der Waals surface area (Å²) in [6.45, 7) is 2.71. The summed E-state index contributed by atoms with van der Waals surface area (Å²) in [5.41, 5.74) is -5.66. The number of urea groups is 1. The van der Waals surface area contributed by atoms with Crippen LogP contribution in [0.3, 0.4) is 0 Å². The van der Waals surface area contributed by atoms with Gasteiger partial charge in [-0.25, -0.2) is 19.1 Å². The van der Waals surface area contributed by atoms with Crippen molar-refractivity contribution in [3.63, 3.8) is 0 Å². The maximum Gasteiger partial charge on any atom is 0.407 e. The lowest BCUT2D eigenvalue weighted by Crippen LogP contribution is -2.46. The van der Waals surface area contributed by atoms with Crippen molar-refractivity contribution < 1.29 is 41.0 Å². The number of fused-ring (bicyclic) bond motifs is 3. The summed E-state index contributed by atoms with van der Waals surface area (Å²) in [6, 6.07) is 0.307. The molecule has 234 valence electrons. The molecule has 4 heterocycles. The van der Waals surface area contributed by atoms with E-state index in [1.165, 1.54) is 13.0 Å². The number of hydrogen-bond donors (Lipinski definition) is 2. The molecule has 4 rings (SSSR count). The number of anilines is 2. The maximum absolute atomic E-state index is 14.3. The number of rotatable bonds is 6. The molecule has 3 aromatic heterocycles. The minimum Gasteiger partial charge on any atom is -0.486 e. The fourth-order valence-electron chi connectivity index (χ4n) is 4.34. The number of ether oxygens (including phenoxy) is 2. The van der Waals surface area contributed by atoms with E-state index in [-0.39, 0.29) is 33.3 Å². The number of hydrogen-bond acceptors (Lipinski definition) is 7. The molecule has 0 saturated heterocycles. The highest BCUT2D eigenvalue weighted by molar-refractivity contribution is 6.29. The van der Waals surface area contributed by atoms with Crippen LogP contribution in [0.25, 0.3) is 5.65 Å². The minimum atomic E-state index is -4.85. The van der Waals surface area contributed by atoms with Crippen molar-refractivity contribution in [2.75, 3.05) is 23.4 Å². The molecule has 0 aromatic carbocycles. The lowest BCUT2D eigenvalue weighted by molar-refractivity contribution is -0.181. The Balaban J connectivity index is 1.61. The number of nitrogens with one attached hydrogen (secondary N) is 2. The Kier molecular flexibility index (Phi) is 8.25. The van der Waals surface area contributed by atoms with E-state index >= 15 is 0 Å². The molecule has 12 nitrogen and oxygen atoms in total. The first-order valence-corrected chi connectivity index (χ1v) is 13.0. The van der Waals surface area contributed by atoms with Crippen LogP contribution in [0.15, 0.2) is 29.3 Å². The third kappa shape index (κ3) is 6.45. The first kappa shape index (κ1) is 31.8. The number of alkyl halides is 5. The van der Waals surface area contributed by atoms with Gasteiger partial charge in [-0.15, -0.1) is 0 Å². The molecule has 1 aliphatic rings. The monoisotopic (exact) mass is 635 g/mol. The molecule has 43 heavy (non-hydrogen) atoms. The molecule has 0 bridgehead atoms. The maximum atomic E-state index is 14.3. The molecule has 2 atom stereocenters. The highest BCUT2D eigenvalue weighted by Crippen LogP contribution is 2.50. The van der Waals surface area contributed by atoms with Gasteiger partial charge in [0.25, 0.3) is 5.56 Å². The van der Waals surface area contributed by atoms with Gasteiger partial charge in [0.1, 0.15) is 17.6 Å². The van der Waals surface area contributed by atoms with E-state index in [0.29, 0.717) is 6.20 Å². The summed E-state index contributed by atoms with van der Waals surface area (Å²) in [4.78, 5) is 42.6. The van der Waals surface area contributed by atoms with Gasteiger partial charge in [0.05, 0.1) is 29.3 Å². The van der Waals surface area contributed by atoms with Gasteiger partial charge in [0.2, 0.25) is 0 Å². The fraction of sp³-hybridized carbons (Fsp3) is 0.480. The van der Waals surface area contributed by atoms with E-state index in [1.54, 1.807) is 20.8 Å². The third-order valence-electron chi connectivity index (χ3n) is 6.32. The van der Waals surface area contributed by atoms with E-state index in [4.69, 9.17) is 21.1 Å². The quantitative estimate of drug-likeness (QED) is 0.360. The Hall–Kier alpha value is -4.15. The van der Waals surface area contributed by atoms with E-state index in [0.717, 1.165) is 28.6 Å². The van der Waals surface area contributed by atoms with Gasteiger partial charge < -0.3 is 20.1 Å². The molecule has 3 aromatic rings. The molecule has 0 aliphatic carbocycles. The molecule has 0 unspecified atom stereocenters. The van der Waals surface area contributed by atoms with Gasteiger partial charge in [-0.1, -0.05) is 11.6 Å². The molecule has 2 N–H and O–H groups in total. The summed E-state index contributed by atoms with van der Waals surface area (Å²) >= 11 is 5.89. The smallest absolute Gasteiger partial charge is 0.407 e. The summed E-state index contributed by atoms with van der Waals surface area (Å²) in [5.74, 6) is -0.618. The van der Waals surface area contributed by atoms with Crippen LogP contribution in [-0.2, 0) is 10.2 Å². The molecule has 3 amide bonds. The predicted molar refractivity (Wildman–Crippen MR) is 144 cm³/mol. The Morgan fingerprint density at radius 1 is 1.21 bits per heavy atom. The average Bonchev–Trinajstić information content (AvgIpc) is 3.39. The number of aromatic nitrogens is 4. The summed E-state index contributed by atoms with van der Waals surface area (Å²) in [5, 5.41) is 8.47. The first-order valence-electron chi connectivity index (χ1n) is 12.7. The van der Waals surface area contributed by atoms with Crippen molar-refractivity contribution in [2.24, 2.45) is 0 Å². The molecular weight excluding hydrogens is 609 g/mol. The Morgan fingerprint density at radius 2 is 1.88 bits per heavy atom. The number of nitrogens with zero attached hydrogens (tertiary/aromatic N) is 5. The first-order chi connectivity index (χ1) is 19.8. The second kappa shape index (κ2) is 11.2. The highest BCUT2D eigenvalue weighted by Gasteiger charge is 2.60. The van der Waals surface area contributed by atoms with Crippen LogP contribution in [0.1, 0.15) is 46.9 Å². The van der Waals surface area contributed by atoms with Crippen molar-refractivity contribution in [1.29, 1.82) is 0 Å². The number of alkyl carbamates (subject to hydrolysis) is 1. The molecular formula is C25H27ClF5N7O5. The van der Waals surface area contributed by atoms with E-state index in [1.807, 2.05) is 0 Å². The van der Waals surface area contributed by atoms with Crippen LogP contribution in [0.5, 0.6) is 5.75 Å². The Labute approximate surface area is 245 Å². The van der Waals surface area contributed by atoms with Crippen molar-refractivity contribution in [3.8, 4) is 5.75 Å². The topological polar surface area (TPSA) is 132 Å². The van der Waals surface area contributed by atoms with Gasteiger partial charge in [0.15, 0.2) is 16.5 Å². The summed E-state index contributed by atoms with van der Waals surface area (Å²) in [6.07, 6.45) is -3.96. The van der Waals surface area contributed by atoms with E-state index in [9.17, 15) is 36.3 Å². The molecule has 0 fully saturated rings. The number of halogens is 6. The van der Waals surface area contributed by atoms with Gasteiger partial charge in [-0.3, -0.25) is 14.3 Å². The van der Waals surface area contributed by atoms with Gasteiger partial charge >= 0.3 is 24.9 Å². The summed E-state index contributed by atoms with van der Waals surface area (Å²) < 4.78 is 81.8. The number of carbonyl (C=O) groups is 2. The zero-order chi connectivity index (χ0) is 32.1. The van der Waals surface area contributed by atoms with Crippen LogP contribution in [0.2, 0.25) is 5.15 Å². The van der Waals surface area contributed by atoms with E-state index in [2.05, 4.69) is 20.7 Å². The van der Waals surface area contributed by atoms with Gasteiger partial charge in [-0.2, -0.15) is 27.1 Å². The number of pyridine rings is 1. The van der Waals surface area contributed by atoms with E-state index < -0.39 is 65.5 Å². The lowest BCUT2D eigenvalue weighted by Gasteiger charge is -2.28. The third-order valence-corrected chi connectivity index (χ3v) is 6.50. The largest absolute Gasteiger partial charge is 0.486 e. The number of amides is 3. The minimum absolute atomic E-state index is 0.0164. The molecule has 18 heteroatoms. The lowest BCUT2D eigenvalue weighted by atomic mass is 9.88. The van der Waals surface area contributed by atoms with Crippen LogP contribution in [-0.4, -0.2) is 62.3 Å². The molecule has 0 radical (unpaired) electrons. The second-order valence-corrected chi connectivity index (χ2v) is 11.4. The number of carbonyl (C=O) groups excluding carboxylic acids is 2. The molecule has 0 spiro atoms. The Morgan fingerprint density at radius 3 is 2.49 bits per heavy atom. The molecule has 0 saturated carbocycles. The van der Waals surface area contributed by atoms with Crippen molar-refractivity contribution in [2.45, 2.75) is 64.4 Å². The van der Waals surface area contributed by atoms with Crippen LogP contribution < -0.4 is 25.8 Å². The van der Waals surface area contributed by atoms with Gasteiger partial charge in [0, 0.05) is 24.9 Å². The summed E-state index contributed by atoms with van der Waals surface area (Å²) in [7, 11) is 0. The SMILES string of the molecule is C[C@H](COc1cc(NC(=O)N2C[C@@](C)(C(F)(F)F)c3c2cnc2cc(Cl)nn32)cn(C(F)F)c1=O)NC(=O)OC(C)(C)C. The van der Waals surface area contributed by atoms with Crippen LogP contribution >= 0.6 is 11.6 Å². The fourth-order valence-corrected chi connectivity index (χ4v) is 4.51. The van der Waals surface area contributed by atoms with Crippen LogP contribution in [0, 0.1) is 0 Å². The molecule has 1 aliphatic heterocycles. The van der Waals surface area contributed by atoms with Crippen molar-refractivity contribution >= 4 is 40.7 Å².